The van der Waals surface area contributed by atoms with E-state index in [9.17, 15) is 9.59 Å². The number of rotatable bonds is 6. The summed E-state index contributed by atoms with van der Waals surface area (Å²) in [5.41, 5.74) is 3.12. The van der Waals surface area contributed by atoms with Gasteiger partial charge in [0.15, 0.2) is 0 Å². The van der Waals surface area contributed by atoms with Crippen molar-refractivity contribution in [3.8, 4) is 0 Å². The molecule has 1 amide bonds. The summed E-state index contributed by atoms with van der Waals surface area (Å²) in [5.74, 6) is -0.312. The maximum atomic E-state index is 12.5. The van der Waals surface area contributed by atoms with E-state index in [1.807, 2.05) is 19.1 Å². The largest absolute Gasteiger partial charge is 0.369 e. The molecule has 28 heavy (non-hydrogen) atoms. The van der Waals surface area contributed by atoms with Gasteiger partial charge in [-0.15, -0.1) is 0 Å². The van der Waals surface area contributed by atoms with Gasteiger partial charge in [-0.2, -0.15) is 5.10 Å². The highest BCUT2D eigenvalue weighted by molar-refractivity contribution is 6.02. The number of aromatic nitrogens is 2. The first-order chi connectivity index (χ1) is 13.5. The van der Waals surface area contributed by atoms with Gasteiger partial charge >= 0.3 is 0 Å². The number of nitrogens with zero attached hydrogens (tertiary/aromatic N) is 4. The van der Waals surface area contributed by atoms with Crippen molar-refractivity contribution in [3.63, 3.8) is 0 Å². The molecule has 1 saturated heterocycles. The molecule has 2 aromatic rings. The minimum atomic E-state index is -0.312. The number of piperazine rings is 1. The van der Waals surface area contributed by atoms with E-state index in [0.29, 0.717) is 6.54 Å². The minimum Gasteiger partial charge on any atom is -0.369 e. The van der Waals surface area contributed by atoms with Crippen LogP contribution in [0.15, 0.2) is 35.1 Å². The first kappa shape index (κ1) is 20.1. The van der Waals surface area contributed by atoms with Gasteiger partial charge in [0, 0.05) is 50.2 Å². The van der Waals surface area contributed by atoms with E-state index in [1.54, 1.807) is 0 Å². The summed E-state index contributed by atoms with van der Waals surface area (Å²) in [7, 11) is 0. The number of aryl methyl sites for hydroxylation is 2. The third kappa shape index (κ3) is 4.59. The van der Waals surface area contributed by atoms with Crippen LogP contribution < -0.4 is 15.8 Å². The van der Waals surface area contributed by atoms with Crippen LogP contribution in [0.25, 0.3) is 0 Å². The predicted octanol–water partition coefficient (Wildman–Crippen LogP) is 2.36. The molecule has 1 aromatic carbocycles. The van der Waals surface area contributed by atoms with Gasteiger partial charge in [-0.25, -0.2) is 4.68 Å². The Kier molecular flexibility index (Phi) is 6.46. The van der Waals surface area contributed by atoms with E-state index >= 15 is 0 Å². The van der Waals surface area contributed by atoms with Gasteiger partial charge in [-0.3, -0.25) is 9.59 Å². The number of anilines is 2. The quantitative estimate of drug-likeness (QED) is 0.829. The Morgan fingerprint density at radius 1 is 1.11 bits per heavy atom. The van der Waals surface area contributed by atoms with E-state index in [2.05, 4.69) is 40.1 Å². The maximum Gasteiger partial charge on any atom is 0.276 e. The van der Waals surface area contributed by atoms with Gasteiger partial charge in [0.2, 0.25) is 0 Å². The average Bonchev–Trinajstić information content (AvgIpc) is 2.70. The van der Waals surface area contributed by atoms with Gasteiger partial charge in [-0.1, -0.05) is 13.8 Å². The van der Waals surface area contributed by atoms with Crippen LogP contribution >= 0.6 is 0 Å². The molecule has 0 unspecified atom stereocenters. The number of likely N-dealkylation sites (N-methyl/N-ethyl adjacent to an activating group) is 1. The fourth-order valence-electron chi connectivity index (χ4n) is 3.53. The Hall–Kier alpha value is -2.67. The summed E-state index contributed by atoms with van der Waals surface area (Å²) in [6.07, 6.45) is 0.783. The summed E-state index contributed by atoms with van der Waals surface area (Å²) in [5, 5.41) is 7.06. The average molecular weight is 383 g/mol. The molecule has 1 aliphatic heterocycles. The molecule has 150 valence electrons. The van der Waals surface area contributed by atoms with Crippen LogP contribution in [0.5, 0.6) is 0 Å². The second-order valence-electron chi connectivity index (χ2n) is 7.16. The molecule has 0 aliphatic carbocycles. The Labute approximate surface area is 166 Å². The van der Waals surface area contributed by atoms with Crippen LogP contribution in [0.2, 0.25) is 0 Å². The predicted molar refractivity (Wildman–Crippen MR) is 112 cm³/mol. The Morgan fingerprint density at radius 2 is 1.86 bits per heavy atom. The minimum absolute atomic E-state index is 0.193. The molecule has 7 heteroatoms. The maximum absolute atomic E-state index is 12.5. The molecule has 1 aromatic heterocycles. The van der Waals surface area contributed by atoms with Gasteiger partial charge < -0.3 is 15.1 Å². The number of nitrogens with one attached hydrogen (secondary N) is 1. The molecule has 2 heterocycles. The molecule has 0 spiro atoms. The number of amides is 1. The molecule has 7 nitrogen and oxygen atoms in total. The first-order valence-electron chi connectivity index (χ1n) is 9.99. The third-order valence-electron chi connectivity index (χ3n) is 5.15. The van der Waals surface area contributed by atoms with Gasteiger partial charge in [0.1, 0.15) is 5.69 Å². The molecule has 0 bridgehead atoms. The van der Waals surface area contributed by atoms with E-state index in [4.69, 9.17) is 0 Å². The number of carbonyl (C=O) groups is 1. The number of carbonyl (C=O) groups excluding carboxylic acids is 1. The van der Waals surface area contributed by atoms with Crippen LogP contribution in [0.4, 0.5) is 11.4 Å². The van der Waals surface area contributed by atoms with E-state index in [0.717, 1.165) is 50.4 Å². The molecular formula is C21H29N5O2. The zero-order valence-electron chi connectivity index (χ0n) is 16.9. The van der Waals surface area contributed by atoms with Crippen molar-refractivity contribution in [2.45, 2.75) is 33.7 Å². The normalized spacial score (nSPS) is 14.9. The van der Waals surface area contributed by atoms with E-state index in [-0.39, 0.29) is 17.2 Å². The van der Waals surface area contributed by atoms with Crippen molar-refractivity contribution in [2.75, 3.05) is 42.9 Å². The van der Waals surface area contributed by atoms with Crippen molar-refractivity contribution in [1.29, 1.82) is 0 Å². The summed E-state index contributed by atoms with van der Waals surface area (Å²) in [6, 6.07) is 8.84. The molecule has 0 saturated carbocycles. The molecule has 1 N–H and O–H groups in total. The SMILES string of the molecule is CCCn1nc(C(=O)Nc2ccc(N3CCN(CC)CC3)c(C)c2)ccc1=O. The Morgan fingerprint density at radius 3 is 2.50 bits per heavy atom. The molecular weight excluding hydrogens is 354 g/mol. The lowest BCUT2D eigenvalue weighted by Crippen LogP contribution is -2.46. The second-order valence-corrected chi connectivity index (χ2v) is 7.16. The summed E-state index contributed by atoms with van der Waals surface area (Å²) in [6.45, 7) is 12.0. The molecule has 0 radical (unpaired) electrons. The van der Waals surface area contributed by atoms with Crippen LogP contribution in [0.3, 0.4) is 0 Å². The van der Waals surface area contributed by atoms with E-state index < -0.39 is 0 Å². The number of hydrogen-bond donors (Lipinski definition) is 1. The standard InChI is InChI=1S/C21H29N5O2/c1-4-10-26-20(27)9-7-18(23-26)21(28)22-17-6-8-19(16(3)15-17)25-13-11-24(5-2)12-14-25/h6-9,15H,4-5,10-14H2,1-3H3,(H,22,28). The van der Waals surface area contributed by atoms with Crippen LogP contribution in [0.1, 0.15) is 36.3 Å². The fraction of sp³-hybridized carbons (Fsp3) is 0.476. The van der Waals surface area contributed by atoms with Crippen molar-refractivity contribution in [1.82, 2.24) is 14.7 Å². The lowest BCUT2D eigenvalue weighted by molar-refractivity contribution is 0.102. The van der Waals surface area contributed by atoms with Crippen LogP contribution in [0, 0.1) is 6.92 Å². The van der Waals surface area contributed by atoms with Crippen molar-refractivity contribution >= 4 is 17.3 Å². The van der Waals surface area contributed by atoms with E-state index in [1.165, 1.54) is 22.5 Å². The number of hydrogen-bond acceptors (Lipinski definition) is 5. The van der Waals surface area contributed by atoms with Crippen molar-refractivity contribution in [3.05, 3.63) is 51.9 Å². The lowest BCUT2D eigenvalue weighted by atomic mass is 10.1. The molecule has 3 rings (SSSR count). The monoisotopic (exact) mass is 383 g/mol. The topological polar surface area (TPSA) is 70.5 Å². The number of benzene rings is 1. The highest BCUT2D eigenvalue weighted by Gasteiger charge is 2.18. The van der Waals surface area contributed by atoms with Gasteiger partial charge in [0.25, 0.3) is 11.5 Å². The summed E-state index contributed by atoms with van der Waals surface area (Å²) >= 11 is 0. The zero-order chi connectivity index (χ0) is 20.1. The molecule has 1 fully saturated rings. The van der Waals surface area contributed by atoms with Crippen molar-refractivity contribution < 1.29 is 4.79 Å². The third-order valence-corrected chi connectivity index (χ3v) is 5.15. The summed E-state index contributed by atoms with van der Waals surface area (Å²) in [4.78, 5) is 29.2. The second kappa shape index (κ2) is 9.01. The smallest absolute Gasteiger partial charge is 0.276 e. The van der Waals surface area contributed by atoms with Crippen molar-refractivity contribution in [2.24, 2.45) is 0 Å². The Balaban J connectivity index is 1.70. The van der Waals surface area contributed by atoms with Crippen LogP contribution in [-0.4, -0.2) is 53.3 Å². The Bertz CT molecular complexity index is 885. The molecule has 1 aliphatic rings. The first-order valence-corrected chi connectivity index (χ1v) is 9.99. The zero-order valence-corrected chi connectivity index (χ0v) is 16.9. The van der Waals surface area contributed by atoms with Crippen LogP contribution in [-0.2, 0) is 6.54 Å². The molecule has 0 atom stereocenters. The van der Waals surface area contributed by atoms with Gasteiger partial charge in [0.05, 0.1) is 0 Å². The lowest BCUT2D eigenvalue weighted by Gasteiger charge is -2.36. The summed E-state index contributed by atoms with van der Waals surface area (Å²) < 4.78 is 1.33. The highest BCUT2D eigenvalue weighted by Crippen LogP contribution is 2.25. The fourth-order valence-corrected chi connectivity index (χ4v) is 3.53. The van der Waals surface area contributed by atoms with Gasteiger partial charge in [-0.05, 0) is 49.7 Å². The highest BCUT2D eigenvalue weighted by atomic mass is 16.2.